The first-order valence-corrected chi connectivity index (χ1v) is 9.54. The molecule has 0 spiro atoms. The van der Waals surface area contributed by atoms with Gasteiger partial charge in [-0.25, -0.2) is 0 Å². The summed E-state index contributed by atoms with van der Waals surface area (Å²) in [7, 11) is 2.91. The van der Waals surface area contributed by atoms with Crippen LogP contribution in [0, 0.1) is 24.2 Å². The van der Waals surface area contributed by atoms with Crippen LogP contribution in [0.1, 0.15) is 70.6 Å². The number of hydrogen-bond donors (Lipinski definition) is 0. The topological polar surface area (TPSA) is 37.9 Å². The molecular weight excluding hydrogens is 486 g/mol. The van der Waals surface area contributed by atoms with Gasteiger partial charge in [0.15, 0.2) is 0 Å². The number of nitrogens with zero attached hydrogens (tertiary/aromatic N) is 2. The number of hydrogen-bond acceptors (Lipinski definition) is 1. The van der Waals surface area contributed by atoms with Crippen LogP contribution in [0.5, 0.6) is 0 Å². The van der Waals surface area contributed by atoms with E-state index in [0.29, 0.717) is 18.4 Å². The third-order valence-corrected chi connectivity index (χ3v) is 5.59. The molecule has 4 unspecified atom stereocenters. The van der Waals surface area contributed by atoms with Crippen LogP contribution in [0.2, 0.25) is 0 Å². The smallest absolute Gasteiger partial charge is 0.661 e. The molecule has 4 atom stereocenters. The SMILES string of the molecule is FC1C[CH-]C(C2CCCC[N-]2)CC1.PC1CCCCC1.[C-]#N.[Ir+3]. The van der Waals surface area contributed by atoms with Gasteiger partial charge in [-0.1, -0.05) is 44.9 Å². The van der Waals surface area contributed by atoms with Gasteiger partial charge in [-0.05, 0) is 24.9 Å². The summed E-state index contributed by atoms with van der Waals surface area (Å²) in [6.45, 7) is 5.79. The predicted octanol–water partition coefficient (Wildman–Crippen LogP) is 5.54. The molecule has 0 aromatic rings. The van der Waals surface area contributed by atoms with Crippen molar-refractivity contribution in [2.45, 2.75) is 88.5 Å². The van der Waals surface area contributed by atoms with Crippen molar-refractivity contribution < 1.29 is 24.5 Å². The monoisotopic (exact) mass is 518 g/mol. The maximum atomic E-state index is 12.9. The summed E-state index contributed by atoms with van der Waals surface area (Å²) >= 11 is 0. The van der Waals surface area contributed by atoms with Crippen molar-refractivity contribution in [2.24, 2.45) is 5.92 Å². The van der Waals surface area contributed by atoms with Gasteiger partial charge in [0.1, 0.15) is 0 Å². The molecule has 3 aliphatic rings. The van der Waals surface area contributed by atoms with Crippen molar-refractivity contribution in [3.63, 3.8) is 0 Å². The Morgan fingerprint density at radius 1 is 0.957 bits per heavy atom. The molecule has 1 heterocycles. The Kier molecular flexibility index (Phi) is 15.1. The van der Waals surface area contributed by atoms with Gasteiger partial charge in [-0.3, -0.25) is 4.39 Å². The van der Waals surface area contributed by atoms with Gasteiger partial charge in [0.25, 0.3) is 0 Å². The summed E-state index contributed by atoms with van der Waals surface area (Å²) in [5.41, 5.74) is 0.953. The van der Waals surface area contributed by atoms with E-state index < -0.39 is 6.17 Å². The van der Waals surface area contributed by atoms with Gasteiger partial charge in [-0.15, -0.1) is 22.2 Å². The first-order valence-electron chi connectivity index (χ1n) is 8.87. The Bertz CT molecular complexity index is 284. The Morgan fingerprint density at radius 2 is 1.61 bits per heavy atom. The predicted molar refractivity (Wildman–Crippen MR) is 94.0 cm³/mol. The Morgan fingerprint density at radius 3 is 2.04 bits per heavy atom. The third-order valence-electron chi connectivity index (χ3n) is 4.92. The normalized spacial score (nSPS) is 31.4. The van der Waals surface area contributed by atoms with Gasteiger partial charge < -0.3 is 23.6 Å². The van der Waals surface area contributed by atoms with Crippen molar-refractivity contribution in [1.29, 1.82) is 5.26 Å². The Balaban J connectivity index is 0.000000415. The molecule has 2 aliphatic carbocycles. The summed E-state index contributed by atoms with van der Waals surface area (Å²) in [5, 5.41) is 10.9. The first kappa shape index (κ1) is 23.5. The molecule has 0 bridgehead atoms. The number of alkyl halides is 1. The number of piperidine rings is 1. The van der Waals surface area contributed by atoms with E-state index in [1.807, 2.05) is 0 Å². The van der Waals surface area contributed by atoms with E-state index >= 15 is 0 Å². The number of rotatable bonds is 1. The van der Waals surface area contributed by atoms with Crippen molar-refractivity contribution in [1.82, 2.24) is 0 Å². The minimum atomic E-state index is -0.570. The summed E-state index contributed by atoms with van der Waals surface area (Å²) in [6, 6.07) is 0.529. The van der Waals surface area contributed by atoms with Crippen LogP contribution >= 0.6 is 9.24 Å². The average Bonchev–Trinajstić information content (AvgIpc) is 2.59. The summed E-state index contributed by atoms with van der Waals surface area (Å²) in [4.78, 5) is 0. The third kappa shape index (κ3) is 10.1. The van der Waals surface area contributed by atoms with Crippen LogP contribution in [0.4, 0.5) is 4.39 Å². The van der Waals surface area contributed by atoms with E-state index in [1.54, 1.807) is 0 Å². The maximum Gasteiger partial charge on any atom is 3.00 e. The summed E-state index contributed by atoms with van der Waals surface area (Å²) in [6.07, 6.45) is 15.2. The van der Waals surface area contributed by atoms with Gasteiger partial charge in [0, 0.05) is 0 Å². The zero-order chi connectivity index (χ0) is 16.2. The van der Waals surface area contributed by atoms with Crippen LogP contribution < -0.4 is 0 Å². The fourth-order valence-corrected chi connectivity index (χ4v) is 4.05. The van der Waals surface area contributed by atoms with Crippen LogP contribution in [0.3, 0.4) is 0 Å². The molecular formula is C18H31FIrN2P. The molecule has 3 rings (SSSR count). The van der Waals surface area contributed by atoms with E-state index in [2.05, 4.69) is 21.0 Å². The van der Waals surface area contributed by atoms with Crippen molar-refractivity contribution >= 4 is 9.24 Å². The summed E-state index contributed by atoms with van der Waals surface area (Å²) < 4.78 is 12.9. The second-order valence-corrected chi connectivity index (χ2v) is 7.62. The van der Waals surface area contributed by atoms with E-state index in [-0.39, 0.29) is 20.1 Å². The van der Waals surface area contributed by atoms with E-state index in [4.69, 9.17) is 11.8 Å². The van der Waals surface area contributed by atoms with Crippen molar-refractivity contribution in [3.05, 3.63) is 18.3 Å². The molecule has 1 aliphatic heterocycles. The molecule has 0 N–H and O–H groups in total. The molecule has 134 valence electrons. The molecule has 0 amide bonds. The zero-order valence-electron chi connectivity index (χ0n) is 14.1. The zero-order valence-corrected chi connectivity index (χ0v) is 17.6. The molecule has 5 heteroatoms. The fourth-order valence-electron chi connectivity index (χ4n) is 3.58. The standard InChI is InChI=1S/C11H18FN.C6H13P.CN.Ir/c12-10-6-4-9(5-7-10)11-3-1-2-8-13-11;7-6-4-2-1-3-5-6;1-2;/h4,9-11H,1-3,5-8H2;6H,1-5,7H2;;/q-2;;-1;+3. The minimum absolute atomic E-state index is 0. The molecule has 2 saturated carbocycles. The Labute approximate surface area is 158 Å². The maximum absolute atomic E-state index is 12.9. The second-order valence-electron chi connectivity index (χ2n) is 6.68. The molecule has 1 saturated heterocycles. The molecule has 0 aromatic heterocycles. The fraction of sp³-hybridized carbons (Fsp3) is 0.889. The molecule has 23 heavy (non-hydrogen) atoms. The average molecular weight is 518 g/mol. The van der Waals surface area contributed by atoms with Gasteiger partial charge in [-0.2, -0.15) is 12.0 Å². The Hall–Kier alpha value is 0.459. The van der Waals surface area contributed by atoms with Crippen molar-refractivity contribution in [2.75, 3.05) is 6.54 Å². The largest absolute Gasteiger partial charge is 3.00 e. The summed E-state index contributed by atoms with van der Waals surface area (Å²) in [5.74, 6) is 0.590. The van der Waals surface area contributed by atoms with Crippen LogP contribution in [0.25, 0.3) is 5.32 Å². The van der Waals surface area contributed by atoms with Crippen LogP contribution in [-0.2, 0) is 20.1 Å². The van der Waals surface area contributed by atoms with Gasteiger partial charge >= 0.3 is 20.1 Å². The van der Waals surface area contributed by atoms with Gasteiger partial charge in [0.05, 0.1) is 6.17 Å². The van der Waals surface area contributed by atoms with Gasteiger partial charge in [0.2, 0.25) is 0 Å². The quantitative estimate of drug-likeness (QED) is 0.332. The minimum Gasteiger partial charge on any atom is -0.661 e. The van der Waals surface area contributed by atoms with E-state index in [9.17, 15) is 4.39 Å². The second kappa shape index (κ2) is 14.8. The van der Waals surface area contributed by atoms with Crippen LogP contribution in [0.15, 0.2) is 0 Å². The molecule has 2 nitrogen and oxygen atoms in total. The van der Waals surface area contributed by atoms with Crippen molar-refractivity contribution in [3.8, 4) is 0 Å². The van der Waals surface area contributed by atoms with Crippen LogP contribution in [-0.4, -0.2) is 24.4 Å². The molecule has 0 radical (unpaired) electrons. The van der Waals surface area contributed by atoms with E-state index in [0.717, 1.165) is 25.0 Å². The molecule has 3 fully saturated rings. The van der Waals surface area contributed by atoms with E-state index in [1.165, 1.54) is 51.4 Å². The first-order chi connectivity index (χ1) is 10.8. The molecule has 0 aromatic carbocycles. The number of halogens is 1.